The van der Waals surface area contributed by atoms with E-state index in [0.29, 0.717) is 54.5 Å². The lowest BCUT2D eigenvalue weighted by atomic mass is 9.89. The van der Waals surface area contributed by atoms with Gasteiger partial charge in [-0.25, -0.2) is 4.79 Å². The third kappa shape index (κ3) is 12.9. The molecule has 4 bridgehead atoms. The van der Waals surface area contributed by atoms with Crippen molar-refractivity contribution in [3.63, 3.8) is 0 Å². The van der Waals surface area contributed by atoms with Crippen LogP contribution in [0.5, 0.6) is 11.5 Å². The summed E-state index contributed by atoms with van der Waals surface area (Å²) in [6.07, 6.45) is -0.189. The highest BCUT2D eigenvalue weighted by molar-refractivity contribution is 5.95. The molecule has 3 rings (SSSR count). The zero-order valence-corrected chi connectivity index (χ0v) is 33.9. The molecule has 1 N–H and O–H groups in total. The molecule has 0 aromatic heterocycles. The van der Waals surface area contributed by atoms with Gasteiger partial charge in [0.05, 0.1) is 25.2 Å². The fraction of sp³-hybridized carbons (Fsp3) is 0.585. The van der Waals surface area contributed by atoms with E-state index in [1.807, 2.05) is 83.0 Å². The van der Waals surface area contributed by atoms with E-state index in [4.69, 9.17) is 18.9 Å². The lowest BCUT2D eigenvalue weighted by Crippen LogP contribution is -2.46. The Kier molecular flexibility index (Phi) is 16.2. The first-order valence-corrected chi connectivity index (χ1v) is 18.4. The van der Waals surface area contributed by atoms with Crippen molar-refractivity contribution in [2.24, 2.45) is 11.8 Å². The van der Waals surface area contributed by atoms with E-state index < -0.39 is 53.1 Å². The van der Waals surface area contributed by atoms with Gasteiger partial charge in [0.15, 0.2) is 5.78 Å². The molecule has 0 fully saturated rings. The van der Waals surface area contributed by atoms with Crippen LogP contribution in [0.2, 0.25) is 0 Å². The minimum absolute atomic E-state index is 0.0226. The summed E-state index contributed by atoms with van der Waals surface area (Å²) in [5, 5.41) is 2.79. The van der Waals surface area contributed by atoms with E-state index in [1.54, 1.807) is 19.1 Å². The molecular weight excluding hydrogens is 692 g/mol. The quantitative estimate of drug-likeness (QED) is 0.264. The van der Waals surface area contributed by atoms with Crippen molar-refractivity contribution >= 4 is 29.4 Å². The summed E-state index contributed by atoms with van der Waals surface area (Å²) in [6.45, 7) is 10.6. The summed E-state index contributed by atoms with van der Waals surface area (Å²) in [5.41, 5.74) is 1.90. The van der Waals surface area contributed by atoms with Crippen molar-refractivity contribution < 1.29 is 42.9 Å². The monoisotopic (exact) mass is 752 g/mol. The van der Waals surface area contributed by atoms with E-state index >= 15 is 0 Å². The number of ketones is 2. The van der Waals surface area contributed by atoms with E-state index in [-0.39, 0.29) is 31.7 Å². The highest BCUT2D eigenvalue weighted by Crippen LogP contribution is 2.41. The highest BCUT2D eigenvalue weighted by Gasteiger charge is 2.36. The van der Waals surface area contributed by atoms with E-state index in [2.05, 4.69) is 5.32 Å². The number of ether oxygens (including phenoxy) is 4. The largest absolute Gasteiger partial charge is 0.492 e. The molecule has 1 aliphatic rings. The van der Waals surface area contributed by atoms with Crippen LogP contribution < -0.4 is 14.8 Å². The second kappa shape index (κ2) is 19.8. The maximum absolute atomic E-state index is 14.5. The van der Waals surface area contributed by atoms with Crippen LogP contribution in [0.4, 0.5) is 0 Å². The Labute approximate surface area is 320 Å². The first-order valence-electron chi connectivity index (χ1n) is 18.4. The first-order chi connectivity index (χ1) is 25.3. The molecule has 0 saturated heterocycles. The van der Waals surface area contributed by atoms with Crippen LogP contribution in [0.15, 0.2) is 36.4 Å². The van der Waals surface area contributed by atoms with Gasteiger partial charge in [-0.05, 0) is 91.3 Å². The molecule has 2 amide bonds. The first kappa shape index (κ1) is 44.1. The van der Waals surface area contributed by atoms with Crippen LogP contribution in [0.25, 0.3) is 11.1 Å². The van der Waals surface area contributed by atoms with Crippen molar-refractivity contribution in [3.8, 4) is 22.6 Å². The van der Waals surface area contributed by atoms with Crippen LogP contribution in [0, 0.1) is 11.8 Å². The summed E-state index contributed by atoms with van der Waals surface area (Å²) in [6, 6.07) is 8.74. The lowest BCUT2D eigenvalue weighted by molar-refractivity contribution is -0.147. The Morgan fingerprint density at radius 1 is 0.870 bits per heavy atom. The fourth-order valence-electron chi connectivity index (χ4n) is 6.12. The molecule has 54 heavy (non-hydrogen) atoms. The van der Waals surface area contributed by atoms with Crippen LogP contribution >= 0.6 is 0 Å². The number of likely N-dealkylation sites (N-methyl/N-ethyl adjacent to an activating group) is 3. The number of fused-ring (bicyclic) bond motifs is 5. The molecule has 0 unspecified atom stereocenters. The number of carbonyl (C=O) groups is 5. The van der Waals surface area contributed by atoms with Crippen molar-refractivity contribution in [1.82, 2.24) is 20.0 Å². The molecule has 4 atom stereocenters. The normalized spacial score (nSPS) is 18.4. The standard InChI is InChI=1S/C41H60N4O9/c1-26-20-34(47)37(45(10)39(49)30(21-27(2)46)25-54-41(3,4)5)29-13-15-36(53-19-17-44(8)9)32(24-29)31-22-28(12-14-35(31)52-18-16-43(6)7)23-33(40(50)51-11)42-38(26)48/h12-15,22,24,26,30,33,37H,16-21,23,25H2,1-11H3,(H,42,48)/t26-,30+,33+,37+/m1/s1. The summed E-state index contributed by atoms with van der Waals surface area (Å²) in [4.78, 5) is 73.1. The summed E-state index contributed by atoms with van der Waals surface area (Å²) in [5.74, 6) is -2.81. The van der Waals surface area contributed by atoms with Gasteiger partial charge in [-0.3, -0.25) is 14.4 Å². The number of hydrogen-bond donors (Lipinski definition) is 1. The molecule has 13 nitrogen and oxygen atoms in total. The van der Waals surface area contributed by atoms with E-state index in [9.17, 15) is 24.0 Å². The summed E-state index contributed by atoms with van der Waals surface area (Å²) >= 11 is 0. The van der Waals surface area contributed by atoms with Crippen molar-refractivity contribution in [2.75, 3.05) is 75.3 Å². The summed E-state index contributed by atoms with van der Waals surface area (Å²) < 4.78 is 23.7. The Bertz CT molecular complexity index is 1630. The minimum Gasteiger partial charge on any atom is -0.492 e. The number of hydrogen-bond acceptors (Lipinski definition) is 11. The molecule has 1 aliphatic heterocycles. The number of benzene rings is 2. The third-order valence-corrected chi connectivity index (χ3v) is 9.08. The molecule has 0 saturated carbocycles. The SMILES string of the molecule is COC(=O)[C@@H]1Cc2ccc(OCCN(C)C)c(c2)-c2cc(ccc2OCCN(C)C)[C@H](N(C)C(=O)[C@H](COC(C)(C)C)CC(C)=O)C(=O)C[C@@H](C)C(=O)N1. The Balaban J connectivity index is 2.32. The third-order valence-electron chi connectivity index (χ3n) is 9.08. The predicted molar refractivity (Wildman–Crippen MR) is 206 cm³/mol. The number of Topliss-reactive ketones (excluding diaryl/α,β-unsaturated/α-hetero) is 2. The van der Waals surface area contributed by atoms with Gasteiger partial charge in [0.1, 0.15) is 42.6 Å². The Morgan fingerprint density at radius 3 is 1.98 bits per heavy atom. The molecule has 2 aromatic rings. The van der Waals surface area contributed by atoms with Gasteiger partial charge < -0.3 is 43.8 Å². The van der Waals surface area contributed by atoms with Crippen molar-refractivity contribution in [3.05, 3.63) is 47.5 Å². The lowest BCUT2D eigenvalue weighted by Gasteiger charge is -2.33. The molecule has 13 heteroatoms. The molecular formula is C41H60N4O9. The molecule has 1 heterocycles. The van der Waals surface area contributed by atoms with Gasteiger partial charge >= 0.3 is 5.97 Å². The topological polar surface area (TPSA) is 144 Å². The second-order valence-corrected chi connectivity index (χ2v) is 15.6. The van der Waals surface area contributed by atoms with Gasteiger partial charge in [0.25, 0.3) is 0 Å². The number of methoxy groups -OCH3 is 1. The zero-order valence-electron chi connectivity index (χ0n) is 33.9. The van der Waals surface area contributed by atoms with Crippen LogP contribution in [-0.2, 0) is 39.9 Å². The second-order valence-electron chi connectivity index (χ2n) is 15.6. The van der Waals surface area contributed by atoms with Crippen molar-refractivity contribution in [1.29, 1.82) is 0 Å². The smallest absolute Gasteiger partial charge is 0.328 e. The van der Waals surface area contributed by atoms with E-state index in [1.165, 1.54) is 26.0 Å². The average molecular weight is 753 g/mol. The molecule has 2 aromatic carbocycles. The highest BCUT2D eigenvalue weighted by atomic mass is 16.5. The maximum atomic E-state index is 14.5. The number of nitrogens with zero attached hydrogens (tertiary/aromatic N) is 3. The number of nitrogens with one attached hydrogen (secondary N) is 1. The van der Waals surface area contributed by atoms with Gasteiger partial charge in [-0.2, -0.15) is 0 Å². The Morgan fingerprint density at radius 2 is 1.44 bits per heavy atom. The summed E-state index contributed by atoms with van der Waals surface area (Å²) in [7, 11) is 10.6. The van der Waals surface area contributed by atoms with Crippen LogP contribution in [0.3, 0.4) is 0 Å². The number of esters is 1. The zero-order chi connectivity index (χ0) is 40.3. The van der Waals surface area contributed by atoms with Crippen LogP contribution in [-0.4, -0.2) is 131 Å². The molecule has 0 spiro atoms. The van der Waals surface area contributed by atoms with Gasteiger partial charge in [0.2, 0.25) is 11.8 Å². The molecule has 0 aliphatic carbocycles. The van der Waals surface area contributed by atoms with Crippen molar-refractivity contribution in [2.45, 2.75) is 71.6 Å². The molecule has 298 valence electrons. The van der Waals surface area contributed by atoms with Gasteiger partial charge in [-0.1, -0.05) is 19.1 Å². The average Bonchev–Trinajstić information content (AvgIpc) is 3.08. The Hall–Kier alpha value is -4.33. The number of amides is 2. The van der Waals surface area contributed by atoms with Crippen LogP contribution in [0.1, 0.15) is 64.6 Å². The molecule has 0 radical (unpaired) electrons. The maximum Gasteiger partial charge on any atom is 0.328 e. The van der Waals surface area contributed by atoms with E-state index in [0.717, 1.165) is 5.56 Å². The minimum atomic E-state index is -1.15. The predicted octanol–water partition coefficient (Wildman–Crippen LogP) is 3.95. The van der Waals surface area contributed by atoms with Gasteiger partial charge in [0, 0.05) is 56.4 Å². The van der Waals surface area contributed by atoms with Gasteiger partial charge in [-0.15, -0.1) is 0 Å². The fourth-order valence-corrected chi connectivity index (χ4v) is 6.12. The number of rotatable bonds is 15. The number of carbonyl (C=O) groups excluding carboxylic acids is 5.